The van der Waals surface area contributed by atoms with Crippen LogP contribution < -0.4 is 0 Å². The van der Waals surface area contributed by atoms with Gasteiger partial charge in [-0.05, 0) is 63.2 Å². The molecule has 0 aliphatic rings. The summed E-state index contributed by atoms with van der Waals surface area (Å²) in [7, 11) is 0. The largest absolute Gasteiger partial charge is 0.466 e. The number of carbonyl (C=O) groups is 4. The fraction of sp³-hybridized carbons (Fsp3) is 0.917. The molecule has 0 aliphatic carbocycles. The molecule has 56 heavy (non-hydrogen) atoms. The minimum Gasteiger partial charge on any atom is -0.466 e. The Labute approximate surface area is 346 Å². The molecule has 0 heterocycles. The molecule has 0 N–H and O–H groups in total. The third-order valence-electron chi connectivity index (χ3n) is 9.92. The molecule has 8 heteroatoms. The Morgan fingerprint density at radius 3 is 0.750 bits per heavy atom. The Morgan fingerprint density at radius 1 is 0.304 bits per heavy atom. The fourth-order valence-electron chi connectivity index (χ4n) is 6.24. The zero-order valence-electron chi connectivity index (χ0n) is 37.9. The molecule has 0 radical (unpaired) electrons. The highest BCUT2D eigenvalue weighted by Gasteiger charge is 2.08. The van der Waals surface area contributed by atoms with Gasteiger partial charge in [-0.15, -0.1) is 0 Å². The lowest BCUT2D eigenvalue weighted by atomic mass is 10.0. The minimum atomic E-state index is -0.142. The minimum absolute atomic E-state index is 0.136. The van der Waals surface area contributed by atoms with Crippen LogP contribution in [0.25, 0.3) is 0 Å². The van der Waals surface area contributed by atoms with Crippen molar-refractivity contribution < 1.29 is 38.1 Å². The molecule has 0 spiro atoms. The summed E-state index contributed by atoms with van der Waals surface area (Å²) < 4.78 is 21.0. The maximum Gasteiger partial charge on any atom is 0.305 e. The molecular weight excluding hydrogens is 705 g/mol. The molecule has 0 aromatic carbocycles. The maximum absolute atomic E-state index is 11.7. The van der Waals surface area contributed by atoms with E-state index in [-0.39, 0.29) is 23.9 Å². The first-order chi connectivity index (χ1) is 27.1. The number of unbranched alkanes of at least 4 members (excludes halogenated alkanes) is 20. The average Bonchev–Trinajstić information content (AvgIpc) is 3.16. The van der Waals surface area contributed by atoms with Gasteiger partial charge >= 0.3 is 23.9 Å². The number of esters is 4. The molecule has 0 rings (SSSR count). The second kappa shape index (κ2) is 45.6. The second-order valence-corrected chi connectivity index (χ2v) is 16.7. The van der Waals surface area contributed by atoms with Crippen LogP contribution in [0.2, 0.25) is 0 Å². The van der Waals surface area contributed by atoms with Crippen LogP contribution in [0.3, 0.4) is 0 Å². The zero-order chi connectivity index (χ0) is 41.7. The molecule has 0 saturated heterocycles. The van der Waals surface area contributed by atoms with Crippen molar-refractivity contribution in [3.05, 3.63) is 0 Å². The van der Waals surface area contributed by atoms with Crippen LogP contribution in [0.5, 0.6) is 0 Å². The van der Waals surface area contributed by atoms with Crippen molar-refractivity contribution in [2.24, 2.45) is 11.8 Å². The second-order valence-electron chi connectivity index (χ2n) is 16.7. The van der Waals surface area contributed by atoms with Gasteiger partial charge in [-0.1, -0.05) is 170 Å². The lowest BCUT2D eigenvalue weighted by Crippen LogP contribution is -2.08. The highest BCUT2D eigenvalue weighted by Crippen LogP contribution is 2.13. The van der Waals surface area contributed by atoms with Crippen LogP contribution in [0, 0.1) is 11.8 Å². The molecule has 0 amide bonds. The Kier molecular flexibility index (Phi) is 45.6. The van der Waals surface area contributed by atoms with Crippen molar-refractivity contribution in [3.63, 3.8) is 0 Å². The van der Waals surface area contributed by atoms with E-state index in [9.17, 15) is 19.2 Å². The van der Waals surface area contributed by atoms with Gasteiger partial charge in [0.1, 0.15) is 0 Å². The molecule has 0 bridgehead atoms. The fourth-order valence-corrected chi connectivity index (χ4v) is 6.24. The summed E-state index contributed by atoms with van der Waals surface area (Å²) in [4.78, 5) is 46.6. The van der Waals surface area contributed by atoms with Gasteiger partial charge in [-0.2, -0.15) is 0 Å². The SMILES string of the molecule is CC(C)CCCCCCOC(=O)CCCCC(=O)OCCCCCCC(C)C.CCCCCCCCCCOC(=O)CCCCC(=O)OCCCCCCCC. The van der Waals surface area contributed by atoms with Crippen LogP contribution in [-0.2, 0) is 38.1 Å². The van der Waals surface area contributed by atoms with Gasteiger partial charge in [-0.3, -0.25) is 19.2 Å². The van der Waals surface area contributed by atoms with Crippen molar-refractivity contribution in [2.75, 3.05) is 26.4 Å². The third-order valence-corrected chi connectivity index (χ3v) is 9.92. The van der Waals surface area contributed by atoms with E-state index in [1.165, 1.54) is 103 Å². The summed E-state index contributed by atoms with van der Waals surface area (Å²) in [6.07, 6.45) is 33.2. The summed E-state index contributed by atoms with van der Waals surface area (Å²) in [5.41, 5.74) is 0. The van der Waals surface area contributed by atoms with Gasteiger partial charge in [-0.25, -0.2) is 0 Å². The zero-order valence-corrected chi connectivity index (χ0v) is 37.9. The summed E-state index contributed by atoms with van der Waals surface area (Å²) in [6, 6.07) is 0. The van der Waals surface area contributed by atoms with Crippen molar-refractivity contribution in [2.45, 2.75) is 247 Å². The smallest absolute Gasteiger partial charge is 0.305 e. The number of rotatable bonds is 40. The van der Waals surface area contributed by atoms with Crippen LogP contribution >= 0.6 is 0 Å². The molecule has 0 aliphatic heterocycles. The molecule has 8 nitrogen and oxygen atoms in total. The monoisotopic (exact) mass is 797 g/mol. The van der Waals surface area contributed by atoms with Gasteiger partial charge in [0.05, 0.1) is 26.4 Å². The van der Waals surface area contributed by atoms with Crippen molar-refractivity contribution in [1.82, 2.24) is 0 Å². The standard InChI is InChI=1S/2C24H46O4/c1-21(2)15-9-5-7-13-19-27-23(25)17-11-12-18-24(26)28-20-14-8-6-10-16-22(3)4;1-3-5-7-9-11-12-14-18-22-28-24(26)20-16-15-19-23(25)27-21-17-13-10-8-6-4-2/h21-22H,5-20H2,1-4H3;3-22H2,1-2H3. The Bertz CT molecular complexity index is 835. The van der Waals surface area contributed by atoms with E-state index in [2.05, 4.69) is 41.5 Å². The Hall–Kier alpha value is -2.12. The predicted molar refractivity (Wildman–Crippen MR) is 233 cm³/mol. The van der Waals surface area contributed by atoms with Crippen molar-refractivity contribution in [1.29, 1.82) is 0 Å². The van der Waals surface area contributed by atoms with E-state index < -0.39 is 0 Å². The first-order valence-electron chi connectivity index (χ1n) is 23.7. The van der Waals surface area contributed by atoms with E-state index >= 15 is 0 Å². The van der Waals surface area contributed by atoms with Crippen LogP contribution in [0.4, 0.5) is 0 Å². The Morgan fingerprint density at radius 2 is 0.518 bits per heavy atom. The molecular formula is C48H92O8. The van der Waals surface area contributed by atoms with Crippen LogP contribution in [-0.4, -0.2) is 50.3 Å². The van der Waals surface area contributed by atoms with E-state index in [1.807, 2.05) is 0 Å². The summed E-state index contributed by atoms with van der Waals surface area (Å²) in [5, 5.41) is 0. The van der Waals surface area contributed by atoms with Crippen molar-refractivity contribution in [3.8, 4) is 0 Å². The first-order valence-corrected chi connectivity index (χ1v) is 23.7. The number of hydrogen-bond donors (Lipinski definition) is 0. The highest BCUT2D eigenvalue weighted by atomic mass is 16.5. The first kappa shape index (κ1) is 56.0. The van der Waals surface area contributed by atoms with Crippen LogP contribution in [0.1, 0.15) is 247 Å². The molecule has 0 saturated carbocycles. The molecule has 0 fully saturated rings. The summed E-state index contributed by atoms with van der Waals surface area (Å²) >= 11 is 0. The van der Waals surface area contributed by atoms with Gasteiger partial charge < -0.3 is 18.9 Å². The molecule has 0 atom stereocenters. The van der Waals surface area contributed by atoms with Gasteiger partial charge in [0.2, 0.25) is 0 Å². The van der Waals surface area contributed by atoms with E-state index in [1.54, 1.807) is 0 Å². The third kappa shape index (κ3) is 49.9. The summed E-state index contributed by atoms with van der Waals surface area (Å²) in [5.74, 6) is 0.988. The van der Waals surface area contributed by atoms with E-state index in [4.69, 9.17) is 18.9 Å². The average molecular weight is 797 g/mol. The van der Waals surface area contributed by atoms with Gasteiger partial charge in [0.15, 0.2) is 0 Å². The molecule has 0 aromatic heterocycles. The molecule has 0 unspecified atom stereocenters. The van der Waals surface area contributed by atoms with Gasteiger partial charge in [0, 0.05) is 25.7 Å². The predicted octanol–water partition coefficient (Wildman–Crippen LogP) is 14.0. The number of carbonyl (C=O) groups excluding carboxylic acids is 4. The highest BCUT2D eigenvalue weighted by molar-refractivity contribution is 5.71. The van der Waals surface area contributed by atoms with Crippen molar-refractivity contribution >= 4 is 23.9 Å². The number of ether oxygens (including phenoxy) is 4. The molecule has 0 aromatic rings. The topological polar surface area (TPSA) is 105 Å². The number of hydrogen-bond acceptors (Lipinski definition) is 8. The van der Waals surface area contributed by atoms with E-state index in [0.717, 1.165) is 63.2 Å². The van der Waals surface area contributed by atoms with E-state index in [0.29, 0.717) is 77.8 Å². The summed E-state index contributed by atoms with van der Waals surface area (Å²) in [6.45, 7) is 15.6. The quantitative estimate of drug-likeness (QED) is 0.0343. The van der Waals surface area contributed by atoms with Gasteiger partial charge in [0.25, 0.3) is 0 Å². The van der Waals surface area contributed by atoms with Crippen LogP contribution in [0.15, 0.2) is 0 Å². The lowest BCUT2D eigenvalue weighted by molar-refractivity contribution is -0.146. The Balaban J connectivity index is 0. The lowest BCUT2D eigenvalue weighted by Gasteiger charge is -2.07. The molecule has 332 valence electrons. The normalized spacial score (nSPS) is 11.0. The maximum atomic E-state index is 11.7.